The molecule has 0 aromatic heterocycles. The second-order valence-corrected chi connectivity index (χ2v) is 5.13. The summed E-state index contributed by atoms with van der Waals surface area (Å²) >= 11 is 3.22. The number of nitrogens with one attached hydrogen (secondary N) is 1. The van der Waals surface area contributed by atoms with Crippen LogP contribution >= 0.6 is 15.9 Å². The lowest BCUT2D eigenvalue weighted by Gasteiger charge is -2.18. The molecule has 18 heavy (non-hydrogen) atoms. The molecule has 0 saturated heterocycles. The van der Waals surface area contributed by atoms with Crippen molar-refractivity contribution >= 4 is 15.9 Å². The average Bonchev–Trinajstić information content (AvgIpc) is 2.37. The van der Waals surface area contributed by atoms with Gasteiger partial charge in [0.1, 0.15) is 5.82 Å². The molecule has 0 aliphatic heterocycles. The van der Waals surface area contributed by atoms with Crippen LogP contribution in [0.1, 0.15) is 22.7 Å². The first kappa shape index (κ1) is 13.2. The summed E-state index contributed by atoms with van der Waals surface area (Å²) in [5.41, 5.74) is 2.90. The van der Waals surface area contributed by atoms with Gasteiger partial charge in [-0.2, -0.15) is 0 Å². The summed E-state index contributed by atoms with van der Waals surface area (Å²) in [6.45, 7) is 2.04. The van der Waals surface area contributed by atoms with Crippen LogP contribution in [0, 0.1) is 12.7 Å². The fourth-order valence-corrected chi connectivity index (χ4v) is 2.39. The highest BCUT2D eigenvalue weighted by atomic mass is 79.9. The number of aryl methyl sites for hydroxylation is 1. The molecular formula is C15H15BrFN. The Hall–Kier alpha value is -1.19. The Morgan fingerprint density at radius 3 is 2.39 bits per heavy atom. The normalized spacial score (nSPS) is 12.4. The van der Waals surface area contributed by atoms with Gasteiger partial charge in [-0.25, -0.2) is 4.39 Å². The molecule has 1 atom stereocenters. The Morgan fingerprint density at radius 1 is 1.11 bits per heavy atom. The zero-order chi connectivity index (χ0) is 13.1. The zero-order valence-electron chi connectivity index (χ0n) is 10.4. The molecule has 2 aromatic rings. The van der Waals surface area contributed by atoms with Crippen LogP contribution in [0.2, 0.25) is 0 Å². The number of hydrogen-bond donors (Lipinski definition) is 1. The van der Waals surface area contributed by atoms with Gasteiger partial charge < -0.3 is 5.32 Å². The molecule has 0 amide bonds. The Kier molecular flexibility index (Phi) is 4.15. The van der Waals surface area contributed by atoms with Gasteiger partial charge >= 0.3 is 0 Å². The van der Waals surface area contributed by atoms with Crippen LogP contribution in [-0.2, 0) is 0 Å². The van der Waals surface area contributed by atoms with Gasteiger partial charge in [0.2, 0.25) is 0 Å². The molecule has 0 heterocycles. The molecule has 1 N–H and O–H groups in total. The minimum absolute atomic E-state index is 0.136. The molecule has 1 nitrogen and oxygen atoms in total. The van der Waals surface area contributed by atoms with Gasteiger partial charge in [-0.1, -0.05) is 42.0 Å². The zero-order valence-corrected chi connectivity index (χ0v) is 12.0. The molecule has 3 heteroatoms. The van der Waals surface area contributed by atoms with Gasteiger partial charge in [-0.15, -0.1) is 0 Å². The van der Waals surface area contributed by atoms with E-state index in [1.54, 1.807) is 12.1 Å². The maximum atomic E-state index is 14.1. The van der Waals surface area contributed by atoms with Crippen LogP contribution < -0.4 is 5.32 Å². The molecule has 0 fully saturated rings. The molecule has 2 aromatic carbocycles. The van der Waals surface area contributed by atoms with Crippen LogP contribution in [0.5, 0.6) is 0 Å². The van der Waals surface area contributed by atoms with E-state index >= 15 is 0 Å². The Labute approximate surface area is 115 Å². The second kappa shape index (κ2) is 5.63. The van der Waals surface area contributed by atoms with Crippen molar-refractivity contribution in [3.05, 3.63) is 69.4 Å². The Bertz CT molecular complexity index is 537. The molecular weight excluding hydrogens is 293 g/mol. The first-order chi connectivity index (χ1) is 8.63. The number of rotatable bonds is 3. The Morgan fingerprint density at radius 2 is 1.78 bits per heavy atom. The van der Waals surface area contributed by atoms with E-state index in [2.05, 4.69) is 21.2 Å². The van der Waals surface area contributed by atoms with Crippen molar-refractivity contribution in [3.63, 3.8) is 0 Å². The third kappa shape index (κ3) is 2.62. The van der Waals surface area contributed by atoms with Gasteiger partial charge in [0.15, 0.2) is 0 Å². The van der Waals surface area contributed by atoms with Crippen molar-refractivity contribution in [1.82, 2.24) is 5.32 Å². The average molecular weight is 308 g/mol. The molecule has 0 aliphatic carbocycles. The molecule has 94 valence electrons. The van der Waals surface area contributed by atoms with Crippen molar-refractivity contribution in [3.8, 4) is 0 Å². The van der Waals surface area contributed by atoms with Crippen LogP contribution in [0.3, 0.4) is 0 Å². The number of halogens is 2. The second-order valence-electron chi connectivity index (χ2n) is 4.28. The van der Waals surface area contributed by atoms with E-state index in [1.807, 2.05) is 44.3 Å². The lowest BCUT2D eigenvalue weighted by Crippen LogP contribution is -2.19. The summed E-state index contributed by atoms with van der Waals surface area (Å²) in [4.78, 5) is 0. The van der Waals surface area contributed by atoms with Gasteiger partial charge in [0.25, 0.3) is 0 Å². The van der Waals surface area contributed by atoms with Crippen LogP contribution in [0.4, 0.5) is 4.39 Å². The largest absolute Gasteiger partial charge is 0.309 e. The third-order valence-electron chi connectivity index (χ3n) is 2.99. The molecule has 0 aliphatic rings. The monoisotopic (exact) mass is 307 g/mol. The van der Waals surface area contributed by atoms with Crippen molar-refractivity contribution in [2.75, 3.05) is 7.05 Å². The highest BCUT2D eigenvalue weighted by Crippen LogP contribution is 2.28. The van der Waals surface area contributed by atoms with Crippen molar-refractivity contribution in [1.29, 1.82) is 0 Å². The molecule has 0 spiro atoms. The molecule has 1 unspecified atom stereocenters. The summed E-state index contributed by atoms with van der Waals surface area (Å²) in [5.74, 6) is -0.211. The summed E-state index contributed by atoms with van der Waals surface area (Å²) < 4.78 is 14.6. The van der Waals surface area contributed by atoms with Crippen LogP contribution in [0.15, 0.2) is 46.9 Å². The van der Waals surface area contributed by atoms with E-state index in [0.29, 0.717) is 10.0 Å². The SMILES string of the molecule is CNC(c1ccc(C)cc1)c1cccc(Br)c1F. The smallest absolute Gasteiger partial charge is 0.142 e. The topological polar surface area (TPSA) is 12.0 Å². The molecule has 0 bridgehead atoms. The fourth-order valence-electron chi connectivity index (χ4n) is 2.00. The van der Waals surface area contributed by atoms with Crippen molar-refractivity contribution < 1.29 is 4.39 Å². The van der Waals surface area contributed by atoms with Crippen molar-refractivity contribution in [2.24, 2.45) is 0 Å². The standard InChI is InChI=1S/C15H15BrFN/c1-10-6-8-11(9-7-10)15(18-2)12-4-3-5-13(16)14(12)17/h3-9,15,18H,1-2H3. The molecule has 2 rings (SSSR count). The predicted molar refractivity (Wildman–Crippen MR) is 76.2 cm³/mol. The van der Waals surface area contributed by atoms with Gasteiger partial charge in [-0.3, -0.25) is 0 Å². The molecule has 0 saturated carbocycles. The fraction of sp³-hybridized carbons (Fsp3) is 0.200. The number of hydrogen-bond acceptors (Lipinski definition) is 1. The summed E-state index contributed by atoms with van der Waals surface area (Å²) in [5, 5.41) is 3.16. The van der Waals surface area contributed by atoms with E-state index in [-0.39, 0.29) is 11.9 Å². The lowest BCUT2D eigenvalue weighted by atomic mass is 9.97. The Balaban J connectivity index is 2.45. The predicted octanol–water partition coefficient (Wildman–Crippen LogP) is 4.21. The van der Waals surface area contributed by atoms with E-state index in [4.69, 9.17) is 0 Å². The maximum Gasteiger partial charge on any atom is 0.142 e. The van der Waals surface area contributed by atoms with Crippen LogP contribution in [-0.4, -0.2) is 7.05 Å². The third-order valence-corrected chi connectivity index (χ3v) is 3.60. The minimum Gasteiger partial charge on any atom is -0.309 e. The summed E-state index contributed by atoms with van der Waals surface area (Å²) in [7, 11) is 1.84. The van der Waals surface area contributed by atoms with E-state index in [0.717, 1.165) is 5.56 Å². The van der Waals surface area contributed by atoms with E-state index in [1.165, 1.54) is 5.56 Å². The maximum absolute atomic E-state index is 14.1. The lowest BCUT2D eigenvalue weighted by molar-refractivity contribution is 0.571. The highest BCUT2D eigenvalue weighted by molar-refractivity contribution is 9.10. The van der Waals surface area contributed by atoms with E-state index < -0.39 is 0 Å². The van der Waals surface area contributed by atoms with E-state index in [9.17, 15) is 4.39 Å². The van der Waals surface area contributed by atoms with Gasteiger partial charge in [0, 0.05) is 5.56 Å². The quantitative estimate of drug-likeness (QED) is 0.896. The van der Waals surface area contributed by atoms with Gasteiger partial charge in [0.05, 0.1) is 10.5 Å². The summed E-state index contributed by atoms with van der Waals surface area (Å²) in [6, 6.07) is 13.4. The highest BCUT2D eigenvalue weighted by Gasteiger charge is 2.17. The number of benzene rings is 2. The first-order valence-corrected chi connectivity index (χ1v) is 6.60. The van der Waals surface area contributed by atoms with Gasteiger partial charge in [-0.05, 0) is 41.5 Å². The molecule has 0 radical (unpaired) electrons. The summed E-state index contributed by atoms with van der Waals surface area (Å²) in [6.07, 6.45) is 0. The van der Waals surface area contributed by atoms with Crippen LogP contribution in [0.25, 0.3) is 0 Å². The van der Waals surface area contributed by atoms with Crippen molar-refractivity contribution in [2.45, 2.75) is 13.0 Å². The minimum atomic E-state index is -0.211. The first-order valence-electron chi connectivity index (χ1n) is 5.81.